The standard InChI is InChI=1S/C15H22N2O3/c1-14(2,3)20-13(18)17-15(4,11-16-19)10-12-8-6-5-7-9-12/h5-9H,10-11H2,1-4H3,(H,17,18)/t15-/m1/s1. The van der Waals surface area contributed by atoms with Gasteiger partial charge in [0.2, 0.25) is 0 Å². The Kier molecular flexibility index (Phi) is 5.25. The van der Waals surface area contributed by atoms with Gasteiger partial charge in [-0.3, -0.25) is 0 Å². The number of alkyl carbamates (subject to hydrolysis) is 1. The molecule has 0 bridgehead atoms. The lowest BCUT2D eigenvalue weighted by Crippen LogP contribution is -2.51. The summed E-state index contributed by atoms with van der Waals surface area (Å²) in [6.45, 7) is 7.14. The molecule has 5 heteroatoms. The Labute approximate surface area is 119 Å². The predicted molar refractivity (Wildman–Crippen MR) is 78.6 cm³/mol. The van der Waals surface area contributed by atoms with Crippen LogP contribution in [0.2, 0.25) is 0 Å². The van der Waals surface area contributed by atoms with E-state index in [1.807, 2.05) is 30.3 Å². The van der Waals surface area contributed by atoms with Gasteiger partial charge in [-0.2, -0.15) is 4.91 Å². The molecule has 1 amide bonds. The van der Waals surface area contributed by atoms with Gasteiger partial charge in [-0.25, -0.2) is 4.79 Å². The van der Waals surface area contributed by atoms with E-state index in [0.29, 0.717) is 6.42 Å². The summed E-state index contributed by atoms with van der Waals surface area (Å²) in [4.78, 5) is 22.5. The molecule has 0 saturated heterocycles. The van der Waals surface area contributed by atoms with Gasteiger partial charge in [-0.05, 0) is 39.7 Å². The average Bonchev–Trinajstić information content (AvgIpc) is 2.26. The van der Waals surface area contributed by atoms with Crippen LogP contribution in [0.25, 0.3) is 0 Å². The second-order valence-corrected chi connectivity index (χ2v) is 6.14. The molecule has 0 heterocycles. The fourth-order valence-electron chi connectivity index (χ4n) is 1.88. The number of benzene rings is 1. The normalized spacial score (nSPS) is 14.2. The van der Waals surface area contributed by atoms with Gasteiger partial charge in [0, 0.05) is 0 Å². The first kappa shape index (κ1) is 16.1. The Hall–Kier alpha value is -1.91. The van der Waals surface area contributed by atoms with Gasteiger partial charge in [0.1, 0.15) is 12.1 Å². The first-order chi connectivity index (χ1) is 9.24. The van der Waals surface area contributed by atoms with Crippen LogP contribution in [-0.4, -0.2) is 23.8 Å². The summed E-state index contributed by atoms with van der Waals surface area (Å²) in [5, 5.41) is 5.68. The summed E-state index contributed by atoms with van der Waals surface area (Å²) in [5.74, 6) is 0. The van der Waals surface area contributed by atoms with Gasteiger partial charge in [-0.1, -0.05) is 35.5 Å². The number of nitrogens with zero attached hydrogens (tertiary/aromatic N) is 1. The number of amides is 1. The van der Waals surface area contributed by atoms with Crippen LogP contribution in [0.4, 0.5) is 4.79 Å². The minimum Gasteiger partial charge on any atom is -0.444 e. The maximum absolute atomic E-state index is 11.9. The first-order valence-corrected chi connectivity index (χ1v) is 6.58. The van der Waals surface area contributed by atoms with Crippen LogP contribution in [0, 0.1) is 4.91 Å². The molecule has 1 aromatic rings. The Morgan fingerprint density at radius 3 is 2.30 bits per heavy atom. The third-order valence-electron chi connectivity index (χ3n) is 2.65. The van der Waals surface area contributed by atoms with E-state index < -0.39 is 17.2 Å². The fourth-order valence-corrected chi connectivity index (χ4v) is 1.88. The van der Waals surface area contributed by atoms with E-state index in [0.717, 1.165) is 5.56 Å². The Morgan fingerprint density at radius 2 is 1.80 bits per heavy atom. The van der Waals surface area contributed by atoms with E-state index in [2.05, 4.69) is 10.5 Å². The third kappa shape index (κ3) is 5.82. The molecule has 5 nitrogen and oxygen atoms in total. The summed E-state index contributed by atoms with van der Waals surface area (Å²) in [5.41, 5.74) is -0.313. The second kappa shape index (κ2) is 6.50. The molecule has 0 unspecified atom stereocenters. The van der Waals surface area contributed by atoms with Crippen LogP contribution >= 0.6 is 0 Å². The molecule has 0 saturated carbocycles. The zero-order valence-electron chi connectivity index (χ0n) is 12.5. The molecule has 20 heavy (non-hydrogen) atoms. The quantitative estimate of drug-likeness (QED) is 0.840. The minimum atomic E-state index is -0.758. The summed E-state index contributed by atoms with van der Waals surface area (Å²) in [6.07, 6.45) is -0.0293. The topological polar surface area (TPSA) is 67.8 Å². The van der Waals surface area contributed by atoms with Crippen molar-refractivity contribution >= 4 is 6.09 Å². The van der Waals surface area contributed by atoms with E-state index in [-0.39, 0.29) is 6.54 Å². The average molecular weight is 278 g/mol. The molecular formula is C15H22N2O3. The highest BCUT2D eigenvalue weighted by Crippen LogP contribution is 2.16. The molecule has 1 N–H and O–H groups in total. The van der Waals surface area contributed by atoms with E-state index >= 15 is 0 Å². The molecule has 0 aromatic heterocycles. The molecule has 0 aliphatic carbocycles. The van der Waals surface area contributed by atoms with Gasteiger partial charge >= 0.3 is 6.09 Å². The largest absolute Gasteiger partial charge is 0.444 e. The molecule has 1 aromatic carbocycles. The zero-order valence-corrected chi connectivity index (χ0v) is 12.5. The lowest BCUT2D eigenvalue weighted by atomic mass is 9.93. The Morgan fingerprint density at radius 1 is 1.20 bits per heavy atom. The monoisotopic (exact) mass is 278 g/mol. The van der Waals surface area contributed by atoms with Crippen LogP contribution in [0.5, 0.6) is 0 Å². The molecule has 0 radical (unpaired) electrons. The third-order valence-corrected chi connectivity index (χ3v) is 2.65. The van der Waals surface area contributed by atoms with Gasteiger partial charge < -0.3 is 10.1 Å². The summed E-state index contributed by atoms with van der Waals surface area (Å²) < 4.78 is 5.22. The molecule has 0 spiro atoms. The highest BCUT2D eigenvalue weighted by atomic mass is 16.6. The first-order valence-electron chi connectivity index (χ1n) is 6.58. The molecule has 0 aliphatic rings. The van der Waals surface area contributed by atoms with Gasteiger partial charge in [0.15, 0.2) is 0 Å². The smallest absolute Gasteiger partial charge is 0.408 e. The van der Waals surface area contributed by atoms with Crippen LogP contribution in [0.15, 0.2) is 35.5 Å². The van der Waals surface area contributed by atoms with Crippen LogP contribution in [0.1, 0.15) is 33.3 Å². The van der Waals surface area contributed by atoms with Crippen molar-refractivity contribution in [3.05, 3.63) is 40.8 Å². The lowest BCUT2D eigenvalue weighted by Gasteiger charge is -2.30. The van der Waals surface area contributed by atoms with Gasteiger partial charge in [0.05, 0.1) is 5.54 Å². The number of rotatable bonds is 5. The SMILES string of the molecule is CC(C)(C)OC(=O)N[C@@](C)(CN=O)Cc1ccccc1. The molecule has 0 fully saturated rings. The van der Waals surface area contributed by atoms with Crippen LogP contribution in [-0.2, 0) is 11.2 Å². The molecule has 0 aliphatic heterocycles. The van der Waals surface area contributed by atoms with Crippen molar-refractivity contribution in [2.45, 2.75) is 45.3 Å². The summed E-state index contributed by atoms with van der Waals surface area (Å²) >= 11 is 0. The highest BCUT2D eigenvalue weighted by Gasteiger charge is 2.29. The van der Waals surface area contributed by atoms with Gasteiger partial charge in [-0.15, -0.1) is 0 Å². The van der Waals surface area contributed by atoms with Crippen molar-refractivity contribution < 1.29 is 9.53 Å². The highest BCUT2D eigenvalue weighted by molar-refractivity contribution is 5.68. The number of hydrogen-bond acceptors (Lipinski definition) is 4. The molecular weight excluding hydrogens is 256 g/mol. The Bertz CT molecular complexity index is 454. The van der Waals surface area contributed by atoms with Crippen molar-refractivity contribution in [3.63, 3.8) is 0 Å². The van der Waals surface area contributed by atoms with Gasteiger partial charge in [0.25, 0.3) is 0 Å². The number of nitroso groups, excluding NO2 is 1. The van der Waals surface area contributed by atoms with Crippen molar-refractivity contribution in [3.8, 4) is 0 Å². The second-order valence-electron chi connectivity index (χ2n) is 6.14. The van der Waals surface area contributed by atoms with Crippen molar-refractivity contribution in [2.24, 2.45) is 5.18 Å². The van der Waals surface area contributed by atoms with Crippen molar-refractivity contribution in [1.82, 2.24) is 5.32 Å². The molecule has 1 atom stereocenters. The van der Waals surface area contributed by atoms with Crippen molar-refractivity contribution in [1.29, 1.82) is 0 Å². The number of ether oxygens (including phenoxy) is 1. The Balaban J connectivity index is 2.76. The zero-order chi connectivity index (χ0) is 15.2. The van der Waals surface area contributed by atoms with Crippen molar-refractivity contribution in [2.75, 3.05) is 6.54 Å². The molecule has 1 rings (SSSR count). The van der Waals surface area contributed by atoms with E-state index in [9.17, 15) is 9.70 Å². The van der Waals surface area contributed by atoms with Crippen LogP contribution in [0.3, 0.4) is 0 Å². The lowest BCUT2D eigenvalue weighted by molar-refractivity contribution is 0.0467. The van der Waals surface area contributed by atoms with Crippen LogP contribution < -0.4 is 5.32 Å². The maximum atomic E-state index is 11.9. The number of hydrogen-bond donors (Lipinski definition) is 1. The molecule has 110 valence electrons. The minimum absolute atomic E-state index is 0.0128. The summed E-state index contributed by atoms with van der Waals surface area (Å²) in [7, 11) is 0. The predicted octanol–water partition coefficient (Wildman–Crippen LogP) is 3.28. The fraction of sp³-hybridized carbons (Fsp3) is 0.533. The number of carbonyl (C=O) groups excluding carboxylic acids is 1. The van der Waals surface area contributed by atoms with E-state index in [1.54, 1.807) is 27.7 Å². The maximum Gasteiger partial charge on any atom is 0.408 e. The summed E-state index contributed by atoms with van der Waals surface area (Å²) in [6, 6.07) is 9.63. The number of nitrogens with one attached hydrogen (secondary N) is 1. The van der Waals surface area contributed by atoms with E-state index in [1.165, 1.54) is 0 Å². The van der Waals surface area contributed by atoms with E-state index in [4.69, 9.17) is 4.74 Å². The number of carbonyl (C=O) groups is 1.